The van der Waals surface area contributed by atoms with Crippen LogP contribution >= 0.6 is 15.9 Å². The molecule has 104 valence electrons. The molecule has 1 saturated heterocycles. The van der Waals surface area contributed by atoms with Crippen molar-refractivity contribution in [3.8, 4) is 5.75 Å². The quantitative estimate of drug-likeness (QED) is 0.794. The number of ether oxygens (including phenoxy) is 2. The number of carbonyl (C=O) groups excluding carboxylic acids is 1. The molecule has 0 bridgehead atoms. The van der Waals surface area contributed by atoms with E-state index < -0.39 is 0 Å². The Kier molecular flexibility index (Phi) is 4.31. The Bertz CT molecular complexity index is 486. The van der Waals surface area contributed by atoms with Crippen molar-refractivity contribution in [3.63, 3.8) is 0 Å². The van der Waals surface area contributed by atoms with Gasteiger partial charge in [-0.05, 0) is 53.9 Å². The summed E-state index contributed by atoms with van der Waals surface area (Å²) in [4.78, 5) is 12.7. The molecule has 3 nitrogen and oxygen atoms in total. The second-order valence-electron chi connectivity index (χ2n) is 5.14. The van der Waals surface area contributed by atoms with E-state index in [0.717, 1.165) is 10.2 Å². The number of methoxy groups -OCH3 is 1. The van der Waals surface area contributed by atoms with E-state index in [1.165, 1.54) is 0 Å². The highest BCUT2D eigenvalue weighted by Crippen LogP contribution is 2.36. The molecule has 1 aliphatic heterocycles. The maximum absolute atomic E-state index is 12.7. The average molecular weight is 327 g/mol. The molecule has 0 N–H and O–H groups in total. The van der Waals surface area contributed by atoms with Crippen molar-refractivity contribution in [1.82, 2.24) is 0 Å². The van der Waals surface area contributed by atoms with Crippen LogP contribution in [0, 0.1) is 11.8 Å². The number of rotatable bonds is 3. The van der Waals surface area contributed by atoms with Crippen LogP contribution in [0.2, 0.25) is 0 Å². The molecule has 4 atom stereocenters. The van der Waals surface area contributed by atoms with Crippen molar-refractivity contribution in [2.75, 3.05) is 7.11 Å². The Morgan fingerprint density at radius 3 is 2.42 bits per heavy atom. The van der Waals surface area contributed by atoms with Gasteiger partial charge in [0, 0.05) is 10.0 Å². The fourth-order valence-corrected chi connectivity index (χ4v) is 3.27. The van der Waals surface area contributed by atoms with Crippen LogP contribution in [0.1, 0.15) is 31.1 Å². The topological polar surface area (TPSA) is 35.5 Å². The van der Waals surface area contributed by atoms with Crippen LogP contribution < -0.4 is 4.74 Å². The van der Waals surface area contributed by atoms with Crippen LogP contribution in [0.25, 0.3) is 0 Å². The Hall–Kier alpha value is -0.870. The summed E-state index contributed by atoms with van der Waals surface area (Å²) < 4.78 is 11.7. The van der Waals surface area contributed by atoms with Crippen LogP contribution in [0.3, 0.4) is 0 Å². The smallest absolute Gasteiger partial charge is 0.170 e. The lowest BCUT2D eigenvalue weighted by atomic mass is 9.83. The fraction of sp³-hybridized carbons (Fsp3) is 0.533. The maximum atomic E-state index is 12.7. The van der Waals surface area contributed by atoms with Gasteiger partial charge in [0.1, 0.15) is 5.75 Å². The largest absolute Gasteiger partial charge is 0.497 e. The van der Waals surface area contributed by atoms with Gasteiger partial charge < -0.3 is 9.47 Å². The number of ketones is 1. The van der Waals surface area contributed by atoms with Crippen molar-refractivity contribution in [3.05, 3.63) is 28.2 Å². The lowest BCUT2D eigenvalue weighted by molar-refractivity contribution is 0.0491. The minimum Gasteiger partial charge on any atom is -0.497 e. The van der Waals surface area contributed by atoms with Gasteiger partial charge >= 0.3 is 0 Å². The number of Topliss-reactive ketones (excluding diaryl/α,β-unsaturated/α-hetero) is 1. The van der Waals surface area contributed by atoms with E-state index in [4.69, 9.17) is 9.47 Å². The third-order valence-electron chi connectivity index (χ3n) is 3.99. The van der Waals surface area contributed by atoms with Crippen LogP contribution in [-0.2, 0) is 4.74 Å². The van der Waals surface area contributed by atoms with Gasteiger partial charge in [0.25, 0.3) is 0 Å². The summed E-state index contributed by atoms with van der Waals surface area (Å²) in [6.07, 6.45) is 0.0903. The molecule has 4 unspecified atom stereocenters. The van der Waals surface area contributed by atoms with E-state index in [-0.39, 0.29) is 29.8 Å². The fourth-order valence-electron chi connectivity index (χ4n) is 2.72. The molecule has 0 aliphatic carbocycles. The lowest BCUT2D eigenvalue weighted by Crippen LogP contribution is -2.27. The van der Waals surface area contributed by atoms with E-state index in [1.54, 1.807) is 7.11 Å². The average Bonchev–Trinajstić information content (AvgIpc) is 2.62. The molecule has 1 fully saturated rings. The minimum atomic E-state index is -0.0836. The monoisotopic (exact) mass is 326 g/mol. The van der Waals surface area contributed by atoms with Gasteiger partial charge in [0.2, 0.25) is 0 Å². The first-order valence-electron chi connectivity index (χ1n) is 6.49. The van der Waals surface area contributed by atoms with Crippen LogP contribution in [0.4, 0.5) is 0 Å². The Labute approximate surface area is 122 Å². The first-order valence-corrected chi connectivity index (χ1v) is 7.28. The predicted octanol–water partition coefficient (Wildman–Crippen LogP) is 3.70. The molecule has 0 aromatic heterocycles. The van der Waals surface area contributed by atoms with E-state index in [9.17, 15) is 4.79 Å². The molecule has 1 heterocycles. The third kappa shape index (κ3) is 2.70. The van der Waals surface area contributed by atoms with Crippen molar-refractivity contribution in [1.29, 1.82) is 0 Å². The second-order valence-corrected chi connectivity index (χ2v) is 6.00. The van der Waals surface area contributed by atoms with Crippen LogP contribution in [-0.4, -0.2) is 25.1 Å². The van der Waals surface area contributed by atoms with Gasteiger partial charge in [-0.15, -0.1) is 0 Å². The number of hydrogen-bond acceptors (Lipinski definition) is 3. The highest BCUT2D eigenvalue weighted by atomic mass is 79.9. The summed E-state index contributed by atoms with van der Waals surface area (Å²) >= 11 is 3.45. The summed E-state index contributed by atoms with van der Waals surface area (Å²) in [5.41, 5.74) is 0.696. The highest BCUT2D eigenvalue weighted by molar-refractivity contribution is 9.10. The molecule has 4 heteroatoms. The maximum Gasteiger partial charge on any atom is 0.170 e. The van der Waals surface area contributed by atoms with Crippen molar-refractivity contribution in [2.45, 2.75) is 33.0 Å². The number of benzene rings is 1. The molecular formula is C15H19BrO3. The standard InChI is InChI=1S/C15H19BrO3/c1-8-9(2)19-10(3)14(8)15(17)12-6-5-11(18-4)7-13(12)16/h5-10,14H,1-4H3. The molecule has 0 saturated carbocycles. The van der Waals surface area contributed by atoms with Gasteiger partial charge in [0.15, 0.2) is 5.78 Å². The molecule has 0 radical (unpaired) electrons. The zero-order valence-electron chi connectivity index (χ0n) is 11.6. The Morgan fingerprint density at radius 2 is 1.95 bits per heavy atom. The summed E-state index contributed by atoms with van der Waals surface area (Å²) in [6, 6.07) is 5.45. The van der Waals surface area contributed by atoms with E-state index in [0.29, 0.717) is 5.56 Å². The molecule has 19 heavy (non-hydrogen) atoms. The molecule has 1 aliphatic rings. The molecule has 1 aromatic carbocycles. The van der Waals surface area contributed by atoms with Crippen LogP contribution in [0.5, 0.6) is 5.75 Å². The van der Waals surface area contributed by atoms with Gasteiger partial charge in [-0.25, -0.2) is 0 Å². The SMILES string of the molecule is COc1ccc(C(=O)C2C(C)OC(C)C2C)c(Br)c1. The van der Waals surface area contributed by atoms with Gasteiger partial charge in [-0.3, -0.25) is 4.79 Å². The third-order valence-corrected chi connectivity index (χ3v) is 4.64. The summed E-state index contributed by atoms with van der Waals surface area (Å²) in [7, 11) is 1.61. The molecule has 0 spiro atoms. The molecule has 1 aromatic rings. The van der Waals surface area contributed by atoms with Gasteiger partial charge in [0.05, 0.1) is 25.2 Å². The zero-order chi connectivity index (χ0) is 14.2. The minimum absolute atomic E-state index is 0.0356. The lowest BCUT2D eigenvalue weighted by Gasteiger charge is -2.18. The number of hydrogen-bond donors (Lipinski definition) is 0. The first-order chi connectivity index (χ1) is 8.95. The Morgan fingerprint density at radius 1 is 1.26 bits per heavy atom. The predicted molar refractivity (Wildman–Crippen MR) is 77.7 cm³/mol. The normalized spacial score (nSPS) is 30.4. The molecule has 0 amide bonds. The molecular weight excluding hydrogens is 308 g/mol. The van der Waals surface area contributed by atoms with Gasteiger partial charge in [-0.1, -0.05) is 6.92 Å². The number of halogens is 1. The number of carbonyl (C=O) groups is 1. The summed E-state index contributed by atoms with van der Waals surface area (Å²) in [5, 5.41) is 0. The van der Waals surface area contributed by atoms with Crippen LogP contribution in [0.15, 0.2) is 22.7 Å². The van der Waals surface area contributed by atoms with Crippen molar-refractivity contribution in [2.24, 2.45) is 11.8 Å². The second kappa shape index (κ2) is 5.63. The summed E-state index contributed by atoms with van der Waals surface area (Å²) in [6.45, 7) is 6.08. The van der Waals surface area contributed by atoms with Gasteiger partial charge in [-0.2, -0.15) is 0 Å². The van der Waals surface area contributed by atoms with E-state index >= 15 is 0 Å². The van der Waals surface area contributed by atoms with E-state index in [2.05, 4.69) is 22.9 Å². The molecule has 2 rings (SSSR count). The first kappa shape index (κ1) is 14.5. The summed E-state index contributed by atoms with van der Waals surface area (Å²) in [5.74, 6) is 1.02. The zero-order valence-corrected chi connectivity index (χ0v) is 13.2. The van der Waals surface area contributed by atoms with Crippen molar-refractivity contribution >= 4 is 21.7 Å². The van der Waals surface area contributed by atoms with Crippen molar-refractivity contribution < 1.29 is 14.3 Å². The highest BCUT2D eigenvalue weighted by Gasteiger charge is 2.42. The Balaban J connectivity index is 2.29. The van der Waals surface area contributed by atoms with E-state index in [1.807, 2.05) is 32.0 Å².